The molecule has 0 amide bonds. The van der Waals surface area contributed by atoms with Crippen molar-refractivity contribution >= 4 is 0 Å². The molecule has 2 aromatic carbocycles. The van der Waals surface area contributed by atoms with Crippen LogP contribution in [0.5, 0.6) is 5.75 Å². The summed E-state index contributed by atoms with van der Waals surface area (Å²) in [4.78, 5) is 0. The largest absolute Gasteiger partial charge is 0.483 e. The monoisotopic (exact) mass is 238 g/mol. The van der Waals surface area contributed by atoms with Gasteiger partial charge in [-0.2, -0.15) is 4.39 Å². The minimum absolute atomic E-state index is 0.0157. The summed E-state index contributed by atoms with van der Waals surface area (Å²) in [6, 6.07) is 10.4. The quantitative estimate of drug-likeness (QED) is 0.741. The van der Waals surface area contributed by atoms with Crippen LogP contribution < -0.4 is 4.74 Å². The van der Waals surface area contributed by atoms with Gasteiger partial charge in [0, 0.05) is 0 Å². The molecule has 2 rings (SSSR count). The average molecular weight is 238 g/mol. The zero-order valence-corrected chi connectivity index (χ0v) is 8.79. The van der Waals surface area contributed by atoms with E-state index in [1.807, 2.05) is 6.07 Å². The first-order valence-electron chi connectivity index (χ1n) is 4.98. The van der Waals surface area contributed by atoms with Gasteiger partial charge in [-0.1, -0.05) is 30.3 Å². The highest BCUT2D eigenvalue weighted by Crippen LogP contribution is 2.24. The van der Waals surface area contributed by atoms with Crippen LogP contribution in [0, 0.1) is 17.5 Å². The molecule has 88 valence electrons. The first-order chi connectivity index (χ1) is 8.18. The number of benzene rings is 2. The topological polar surface area (TPSA) is 9.23 Å². The molecule has 2 aromatic rings. The van der Waals surface area contributed by atoms with Crippen molar-refractivity contribution in [1.82, 2.24) is 0 Å². The van der Waals surface area contributed by atoms with Gasteiger partial charge in [-0.05, 0) is 17.7 Å². The van der Waals surface area contributed by atoms with Crippen molar-refractivity contribution in [2.45, 2.75) is 6.61 Å². The minimum Gasteiger partial charge on any atom is -0.483 e. The summed E-state index contributed by atoms with van der Waals surface area (Å²) >= 11 is 0. The van der Waals surface area contributed by atoms with Crippen LogP contribution >= 0.6 is 0 Å². The lowest BCUT2D eigenvalue weighted by molar-refractivity contribution is 0.268. The van der Waals surface area contributed by atoms with E-state index >= 15 is 0 Å². The second-order valence-electron chi connectivity index (χ2n) is 3.45. The summed E-state index contributed by atoms with van der Waals surface area (Å²) in [5.41, 5.74) is 0.746. The summed E-state index contributed by atoms with van der Waals surface area (Å²) in [7, 11) is 0. The smallest absolute Gasteiger partial charge is 0.203 e. The second kappa shape index (κ2) is 4.91. The Morgan fingerprint density at radius 1 is 0.824 bits per heavy atom. The van der Waals surface area contributed by atoms with E-state index in [2.05, 4.69) is 0 Å². The zero-order valence-electron chi connectivity index (χ0n) is 8.79. The van der Waals surface area contributed by atoms with Crippen LogP contribution in [0.3, 0.4) is 0 Å². The van der Waals surface area contributed by atoms with Crippen molar-refractivity contribution in [3.63, 3.8) is 0 Å². The fourth-order valence-electron chi connectivity index (χ4n) is 1.37. The van der Waals surface area contributed by atoms with Crippen molar-refractivity contribution in [2.24, 2.45) is 0 Å². The van der Waals surface area contributed by atoms with E-state index < -0.39 is 23.2 Å². The molecule has 0 bridgehead atoms. The van der Waals surface area contributed by atoms with Crippen LogP contribution in [-0.4, -0.2) is 0 Å². The highest BCUT2D eigenvalue weighted by Gasteiger charge is 2.15. The van der Waals surface area contributed by atoms with E-state index in [1.165, 1.54) is 0 Å². The van der Waals surface area contributed by atoms with Gasteiger partial charge in [0.2, 0.25) is 5.82 Å². The van der Waals surface area contributed by atoms with Crippen molar-refractivity contribution in [3.8, 4) is 5.75 Å². The number of halogens is 3. The lowest BCUT2D eigenvalue weighted by atomic mass is 10.2. The molecule has 0 aliphatic carbocycles. The molecule has 0 fully saturated rings. The first-order valence-corrected chi connectivity index (χ1v) is 4.98. The maximum absolute atomic E-state index is 13.2. The average Bonchev–Trinajstić information content (AvgIpc) is 2.35. The molecule has 0 heterocycles. The van der Waals surface area contributed by atoms with Gasteiger partial charge in [0.25, 0.3) is 0 Å². The molecule has 0 spiro atoms. The van der Waals surface area contributed by atoms with E-state index in [0.29, 0.717) is 0 Å². The Morgan fingerprint density at radius 3 is 2.18 bits per heavy atom. The van der Waals surface area contributed by atoms with Gasteiger partial charge in [-0.3, -0.25) is 0 Å². The number of ether oxygens (including phenoxy) is 1. The normalized spacial score (nSPS) is 10.3. The number of rotatable bonds is 3. The Bertz CT molecular complexity index is 512. The van der Waals surface area contributed by atoms with Crippen LogP contribution in [0.15, 0.2) is 42.5 Å². The molecule has 0 aromatic heterocycles. The fourth-order valence-corrected chi connectivity index (χ4v) is 1.37. The predicted molar refractivity (Wildman–Crippen MR) is 57.1 cm³/mol. The Labute approximate surface area is 96.5 Å². The Hall–Kier alpha value is -1.97. The molecule has 0 aliphatic heterocycles. The lowest BCUT2D eigenvalue weighted by Gasteiger charge is -2.08. The van der Waals surface area contributed by atoms with Crippen LogP contribution in [0.4, 0.5) is 13.2 Å². The van der Waals surface area contributed by atoms with Crippen LogP contribution in [0.1, 0.15) is 5.56 Å². The third-order valence-electron chi connectivity index (χ3n) is 2.23. The lowest BCUT2D eigenvalue weighted by Crippen LogP contribution is -2.01. The minimum atomic E-state index is -1.30. The Morgan fingerprint density at radius 2 is 1.47 bits per heavy atom. The highest BCUT2D eigenvalue weighted by molar-refractivity contribution is 5.28. The number of hydrogen-bond donors (Lipinski definition) is 0. The van der Waals surface area contributed by atoms with Crippen molar-refractivity contribution in [2.75, 3.05) is 0 Å². The van der Waals surface area contributed by atoms with E-state index in [0.717, 1.165) is 17.7 Å². The Kier molecular flexibility index (Phi) is 3.32. The molecule has 0 radical (unpaired) electrons. The first kappa shape index (κ1) is 11.5. The van der Waals surface area contributed by atoms with Gasteiger partial charge >= 0.3 is 0 Å². The molecule has 17 heavy (non-hydrogen) atoms. The standard InChI is InChI=1S/C13H9F3O/c14-10-6-7-11(15)13(12(10)16)17-8-9-4-2-1-3-5-9/h1-7H,8H2. The van der Waals surface area contributed by atoms with Gasteiger partial charge in [-0.15, -0.1) is 0 Å². The summed E-state index contributed by atoms with van der Waals surface area (Å²) in [5, 5.41) is 0. The third-order valence-corrected chi connectivity index (χ3v) is 2.23. The summed E-state index contributed by atoms with van der Waals surface area (Å²) in [6.45, 7) is -0.0157. The molecule has 4 heteroatoms. The highest BCUT2D eigenvalue weighted by atomic mass is 19.2. The molecule has 0 saturated carbocycles. The molecule has 0 saturated heterocycles. The SMILES string of the molecule is Fc1ccc(F)c(OCc2ccccc2)c1F. The van der Waals surface area contributed by atoms with Crippen molar-refractivity contribution in [1.29, 1.82) is 0 Å². The van der Waals surface area contributed by atoms with E-state index in [9.17, 15) is 13.2 Å². The summed E-state index contributed by atoms with van der Waals surface area (Å²) in [6.07, 6.45) is 0. The van der Waals surface area contributed by atoms with Crippen molar-refractivity contribution < 1.29 is 17.9 Å². The van der Waals surface area contributed by atoms with Gasteiger partial charge in [0.1, 0.15) is 6.61 Å². The fraction of sp³-hybridized carbons (Fsp3) is 0.0769. The number of hydrogen-bond acceptors (Lipinski definition) is 1. The second-order valence-corrected chi connectivity index (χ2v) is 3.45. The molecule has 0 aliphatic rings. The molecule has 0 N–H and O–H groups in total. The summed E-state index contributed by atoms with van der Waals surface area (Å²) in [5.74, 6) is -4.04. The third kappa shape index (κ3) is 2.58. The molecule has 0 atom stereocenters. The molecular weight excluding hydrogens is 229 g/mol. The van der Waals surface area contributed by atoms with E-state index in [-0.39, 0.29) is 6.61 Å². The van der Waals surface area contributed by atoms with E-state index in [1.54, 1.807) is 24.3 Å². The van der Waals surface area contributed by atoms with Crippen molar-refractivity contribution in [3.05, 3.63) is 65.5 Å². The van der Waals surface area contributed by atoms with Crippen LogP contribution in [0.25, 0.3) is 0 Å². The maximum atomic E-state index is 13.2. The molecule has 1 nitrogen and oxygen atoms in total. The zero-order chi connectivity index (χ0) is 12.3. The maximum Gasteiger partial charge on any atom is 0.203 e. The molecular formula is C13H9F3O. The molecule has 0 unspecified atom stereocenters. The Balaban J connectivity index is 2.17. The van der Waals surface area contributed by atoms with Gasteiger partial charge in [0.15, 0.2) is 17.4 Å². The van der Waals surface area contributed by atoms with Crippen LogP contribution in [0.2, 0.25) is 0 Å². The van der Waals surface area contributed by atoms with Gasteiger partial charge in [0.05, 0.1) is 0 Å². The summed E-state index contributed by atoms with van der Waals surface area (Å²) < 4.78 is 44.2. The van der Waals surface area contributed by atoms with Gasteiger partial charge in [-0.25, -0.2) is 8.78 Å². The van der Waals surface area contributed by atoms with Gasteiger partial charge < -0.3 is 4.74 Å². The van der Waals surface area contributed by atoms with Crippen LogP contribution in [-0.2, 0) is 6.61 Å². The predicted octanol–water partition coefficient (Wildman–Crippen LogP) is 3.68. The van der Waals surface area contributed by atoms with E-state index in [4.69, 9.17) is 4.74 Å².